The van der Waals surface area contributed by atoms with Crippen molar-refractivity contribution >= 4 is 27.3 Å². The van der Waals surface area contributed by atoms with Gasteiger partial charge in [-0.15, -0.1) is 0 Å². The summed E-state index contributed by atoms with van der Waals surface area (Å²) in [5.74, 6) is -0.128. The first-order valence-electron chi connectivity index (χ1n) is 5.56. The number of rotatable bonds is 0. The summed E-state index contributed by atoms with van der Waals surface area (Å²) < 4.78 is 15.8. The molecule has 2 aromatic rings. The van der Waals surface area contributed by atoms with Crippen LogP contribution in [0, 0.1) is 0 Å². The van der Waals surface area contributed by atoms with Crippen molar-refractivity contribution in [3.8, 4) is 0 Å². The SMILES string of the molecule is O=C1c2ccccc2C(=O)c2ccccc21.[O]=[GeH][OH]. The molecule has 5 heteroatoms. The van der Waals surface area contributed by atoms with E-state index in [1.165, 1.54) is 0 Å². The van der Waals surface area contributed by atoms with Crippen molar-refractivity contribution in [2.75, 3.05) is 0 Å². The van der Waals surface area contributed by atoms with Gasteiger partial charge in [0.25, 0.3) is 0 Å². The zero-order valence-electron chi connectivity index (χ0n) is 9.87. The van der Waals surface area contributed by atoms with Crippen molar-refractivity contribution in [3.63, 3.8) is 0 Å². The molecule has 1 N–H and O–H groups in total. The normalized spacial score (nSPS) is 11.8. The Morgan fingerprint density at radius 2 is 0.895 bits per heavy atom. The van der Waals surface area contributed by atoms with E-state index in [9.17, 15) is 9.59 Å². The summed E-state index contributed by atoms with van der Waals surface area (Å²) in [5.41, 5.74) is 2.02. The van der Waals surface area contributed by atoms with Gasteiger partial charge in [-0.05, 0) is 0 Å². The molecule has 0 aliphatic heterocycles. The minimum atomic E-state index is -1.94. The molecular formula is C14H10GeO4. The predicted molar refractivity (Wildman–Crippen MR) is 69.8 cm³/mol. The predicted octanol–water partition coefficient (Wildman–Crippen LogP) is 1.14. The van der Waals surface area contributed by atoms with Crippen LogP contribution in [0.2, 0.25) is 0 Å². The maximum absolute atomic E-state index is 12.1. The summed E-state index contributed by atoms with van der Waals surface area (Å²) in [6.07, 6.45) is 0. The number of carbonyl (C=O) groups is 2. The van der Waals surface area contributed by atoms with Crippen LogP contribution in [0.15, 0.2) is 48.5 Å². The Bertz CT molecular complexity index is 559. The summed E-state index contributed by atoms with van der Waals surface area (Å²) in [4.78, 5) is 24.2. The molecule has 19 heavy (non-hydrogen) atoms. The molecule has 0 atom stereocenters. The molecule has 4 nitrogen and oxygen atoms in total. The van der Waals surface area contributed by atoms with E-state index in [4.69, 9.17) is 7.91 Å². The van der Waals surface area contributed by atoms with Crippen LogP contribution >= 0.6 is 0 Å². The fourth-order valence-corrected chi connectivity index (χ4v) is 2.05. The van der Waals surface area contributed by atoms with E-state index in [0.29, 0.717) is 22.3 Å². The second-order valence-electron chi connectivity index (χ2n) is 3.85. The number of benzene rings is 2. The van der Waals surface area contributed by atoms with Gasteiger partial charge in [-0.1, -0.05) is 48.5 Å². The van der Waals surface area contributed by atoms with Crippen molar-refractivity contribution in [2.45, 2.75) is 0 Å². The van der Waals surface area contributed by atoms with Crippen molar-refractivity contribution in [2.24, 2.45) is 0 Å². The zero-order chi connectivity index (χ0) is 13.8. The van der Waals surface area contributed by atoms with E-state index >= 15 is 0 Å². The average molecular weight is 315 g/mol. The van der Waals surface area contributed by atoms with E-state index in [-0.39, 0.29) is 11.6 Å². The number of ketones is 2. The molecule has 0 saturated carbocycles. The summed E-state index contributed by atoms with van der Waals surface area (Å²) in [7, 11) is 0. The first-order chi connectivity index (χ1) is 9.20. The molecule has 1 aliphatic rings. The first kappa shape index (κ1) is 13.4. The van der Waals surface area contributed by atoms with Gasteiger partial charge < -0.3 is 0 Å². The third-order valence-corrected chi connectivity index (χ3v) is 2.83. The van der Waals surface area contributed by atoms with Crippen molar-refractivity contribution < 1.29 is 17.5 Å². The molecule has 0 saturated heterocycles. The van der Waals surface area contributed by atoms with Crippen LogP contribution in [0.3, 0.4) is 0 Å². The van der Waals surface area contributed by atoms with Gasteiger partial charge in [0.05, 0.1) is 0 Å². The monoisotopic (exact) mass is 316 g/mol. The Morgan fingerprint density at radius 3 is 1.11 bits per heavy atom. The molecule has 0 radical (unpaired) electrons. The molecular weight excluding hydrogens is 305 g/mol. The maximum atomic E-state index is 12.1. The van der Waals surface area contributed by atoms with Gasteiger partial charge in [0.2, 0.25) is 0 Å². The number of hydrogen-bond acceptors (Lipinski definition) is 3. The van der Waals surface area contributed by atoms with Crippen LogP contribution in [-0.4, -0.2) is 31.4 Å². The van der Waals surface area contributed by atoms with Crippen LogP contribution in [-0.2, 0) is 3.78 Å². The van der Waals surface area contributed by atoms with E-state index in [0.717, 1.165) is 0 Å². The van der Waals surface area contributed by atoms with Gasteiger partial charge in [0, 0.05) is 22.3 Å². The quantitative estimate of drug-likeness (QED) is 0.632. The summed E-state index contributed by atoms with van der Waals surface area (Å²) in [5, 5.41) is 0. The Morgan fingerprint density at radius 1 is 0.684 bits per heavy atom. The zero-order valence-corrected chi connectivity index (χ0v) is 12.3. The van der Waals surface area contributed by atoms with Crippen LogP contribution in [0.1, 0.15) is 31.8 Å². The first-order valence-corrected chi connectivity index (χ1v) is 7.63. The molecule has 0 amide bonds. The van der Waals surface area contributed by atoms with Gasteiger partial charge in [0.15, 0.2) is 11.6 Å². The Kier molecular flexibility index (Phi) is 4.01. The van der Waals surface area contributed by atoms with Gasteiger partial charge >= 0.3 is 23.6 Å². The molecule has 94 valence electrons. The van der Waals surface area contributed by atoms with E-state index in [1.807, 2.05) is 0 Å². The average Bonchev–Trinajstić information content (AvgIpc) is 2.46. The van der Waals surface area contributed by atoms with Crippen molar-refractivity contribution in [3.05, 3.63) is 70.8 Å². The van der Waals surface area contributed by atoms with Crippen molar-refractivity contribution in [1.29, 1.82) is 0 Å². The minimum absolute atomic E-state index is 0.0641. The number of hydrogen-bond donors (Lipinski definition) is 1. The number of fused-ring (bicyclic) bond motifs is 2. The molecule has 1 aliphatic carbocycles. The third kappa shape index (κ3) is 2.39. The Balaban J connectivity index is 0.000000408. The fourth-order valence-electron chi connectivity index (χ4n) is 2.05. The number of carbonyl (C=O) groups excluding carboxylic acids is 2. The van der Waals surface area contributed by atoms with Crippen molar-refractivity contribution in [1.82, 2.24) is 0 Å². The van der Waals surface area contributed by atoms with Crippen LogP contribution in [0.25, 0.3) is 0 Å². The van der Waals surface area contributed by atoms with Crippen LogP contribution in [0.5, 0.6) is 0 Å². The Labute approximate surface area is 116 Å². The Hall–Kier alpha value is -2.08. The van der Waals surface area contributed by atoms with Gasteiger partial charge in [-0.25, -0.2) is 0 Å². The van der Waals surface area contributed by atoms with Gasteiger partial charge in [-0.2, -0.15) is 0 Å². The fraction of sp³-hybridized carbons (Fsp3) is 0. The molecule has 0 fully saturated rings. The van der Waals surface area contributed by atoms with E-state index in [2.05, 4.69) is 0 Å². The van der Waals surface area contributed by atoms with Gasteiger partial charge in [0.1, 0.15) is 0 Å². The molecule has 2 aromatic carbocycles. The molecule has 0 heterocycles. The topological polar surface area (TPSA) is 71.4 Å². The summed E-state index contributed by atoms with van der Waals surface area (Å²) in [6.45, 7) is 0. The molecule has 0 unspecified atom stereocenters. The van der Waals surface area contributed by atoms with E-state index < -0.39 is 15.7 Å². The van der Waals surface area contributed by atoms with Crippen LogP contribution in [0.4, 0.5) is 0 Å². The second kappa shape index (κ2) is 5.71. The summed E-state index contributed by atoms with van der Waals surface area (Å²) >= 11 is -1.94. The standard InChI is InChI=1S/C14H8O2.GeH2O2/c15-13-9-5-1-2-6-10(9)14(16)12-8-4-3-7-11(12)13;2-1-3/h1-8H;1-2H. The summed E-state index contributed by atoms with van der Waals surface area (Å²) in [6, 6.07) is 13.9. The van der Waals surface area contributed by atoms with Crippen LogP contribution < -0.4 is 0 Å². The van der Waals surface area contributed by atoms with Gasteiger partial charge in [-0.3, -0.25) is 9.59 Å². The third-order valence-electron chi connectivity index (χ3n) is 2.83. The molecule has 0 bridgehead atoms. The second-order valence-corrected chi connectivity index (χ2v) is 4.30. The molecule has 0 spiro atoms. The molecule has 0 aromatic heterocycles. The molecule has 3 rings (SSSR count). The van der Waals surface area contributed by atoms with E-state index in [1.54, 1.807) is 48.5 Å².